The lowest BCUT2D eigenvalue weighted by Gasteiger charge is -2.24. The highest BCUT2D eigenvalue weighted by Crippen LogP contribution is 2.32. The number of carbonyl (C=O) groups is 1. The van der Waals surface area contributed by atoms with Crippen molar-refractivity contribution in [3.63, 3.8) is 0 Å². The molecule has 1 amide bonds. The smallest absolute Gasteiger partial charge is 0.253 e. The summed E-state index contributed by atoms with van der Waals surface area (Å²) in [5.41, 5.74) is 1.76. The summed E-state index contributed by atoms with van der Waals surface area (Å²) in [4.78, 5) is 14.1. The van der Waals surface area contributed by atoms with Crippen LogP contribution in [0.1, 0.15) is 11.6 Å². The van der Waals surface area contributed by atoms with Crippen molar-refractivity contribution in [1.29, 1.82) is 0 Å². The Labute approximate surface area is 128 Å². The zero-order chi connectivity index (χ0) is 14.8. The highest BCUT2D eigenvalue weighted by Gasteiger charge is 2.37. The third-order valence-corrected chi connectivity index (χ3v) is 3.72. The molecule has 21 heavy (non-hydrogen) atoms. The average molecular weight is 298 g/mol. The number of anilines is 1. The summed E-state index contributed by atoms with van der Waals surface area (Å²) < 4.78 is 5.16. The van der Waals surface area contributed by atoms with Crippen LogP contribution >= 0.6 is 12.2 Å². The largest absolute Gasteiger partial charge is 0.497 e. The molecule has 106 valence electrons. The van der Waals surface area contributed by atoms with Crippen molar-refractivity contribution in [2.24, 2.45) is 0 Å². The van der Waals surface area contributed by atoms with Gasteiger partial charge in [0.2, 0.25) is 0 Å². The quantitative estimate of drug-likeness (QED) is 0.885. The topological polar surface area (TPSA) is 41.6 Å². The Morgan fingerprint density at radius 3 is 2.38 bits per heavy atom. The van der Waals surface area contributed by atoms with Crippen LogP contribution < -0.4 is 15.0 Å². The highest BCUT2D eigenvalue weighted by atomic mass is 32.1. The summed E-state index contributed by atoms with van der Waals surface area (Å²) in [7, 11) is 1.62. The average Bonchev–Trinajstić information content (AvgIpc) is 2.82. The molecule has 1 fully saturated rings. The van der Waals surface area contributed by atoms with Crippen molar-refractivity contribution in [3.8, 4) is 5.75 Å². The zero-order valence-electron chi connectivity index (χ0n) is 11.4. The second-order valence-electron chi connectivity index (χ2n) is 4.68. The van der Waals surface area contributed by atoms with E-state index in [0.29, 0.717) is 5.11 Å². The minimum atomic E-state index is -0.438. The maximum absolute atomic E-state index is 12.2. The van der Waals surface area contributed by atoms with Crippen LogP contribution in [0.15, 0.2) is 54.6 Å². The van der Waals surface area contributed by atoms with E-state index >= 15 is 0 Å². The van der Waals surface area contributed by atoms with Crippen molar-refractivity contribution >= 4 is 28.9 Å². The van der Waals surface area contributed by atoms with E-state index in [1.807, 2.05) is 59.5 Å². The van der Waals surface area contributed by atoms with E-state index in [1.165, 1.54) is 0 Å². The molecule has 4 nitrogen and oxygen atoms in total. The van der Waals surface area contributed by atoms with Crippen LogP contribution in [0.4, 0.5) is 5.69 Å². The van der Waals surface area contributed by atoms with Gasteiger partial charge in [-0.15, -0.1) is 0 Å². The molecule has 0 bridgehead atoms. The third-order valence-electron chi connectivity index (χ3n) is 3.42. The Kier molecular flexibility index (Phi) is 3.58. The minimum Gasteiger partial charge on any atom is -0.497 e. The van der Waals surface area contributed by atoms with Gasteiger partial charge in [0.05, 0.1) is 7.11 Å². The number of benzene rings is 2. The van der Waals surface area contributed by atoms with Gasteiger partial charge in [-0.25, -0.2) is 0 Å². The van der Waals surface area contributed by atoms with Gasteiger partial charge in [-0.05, 0) is 42.0 Å². The van der Waals surface area contributed by atoms with Gasteiger partial charge in [0.25, 0.3) is 5.91 Å². The summed E-state index contributed by atoms with van der Waals surface area (Å²) >= 11 is 5.30. The van der Waals surface area contributed by atoms with Crippen LogP contribution in [0.2, 0.25) is 0 Å². The third kappa shape index (κ3) is 2.48. The van der Waals surface area contributed by atoms with E-state index < -0.39 is 6.04 Å². The molecule has 0 spiro atoms. The number of nitrogens with zero attached hydrogens (tertiary/aromatic N) is 1. The molecule has 2 aromatic rings. The normalized spacial score (nSPS) is 17.8. The van der Waals surface area contributed by atoms with Gasteiger partial charge in [0.15, 0.2) is 5.11 Å². The molecule has 1 aliphatic heterocycles. The van der Waals surface area contributed by atoms with E-state index in [2.05, 4.69) is 5.32 Å². The first kappa shape index (κ1) is 13.6. The Hall–Kier alpha value is -2.40. The molecule has 1 unspecified atom stereocenters. The molecule has 1 heterocycles. The Balaban J connectivity index is 2.01. The van der Waals surface area contributed by atoms with Gasteiger partial charge in [0.1, 0.15) is 11.8 Å². The Morgan fingerprint density at radius 2 is 1.76 bits per heavy atom. The highest BCUT2D eigenvalue weighted by molar-refractivity contribution is 7.80. The van der Waals surface area contributed by atoms with Gasteiger partial charge in [0, 0.05) is 5.69 Å². The number of methoxy groups -OCH3 is 1. The summed E-state index contributed by atoms with van der Waals surface area (Å²) in [5, 5.41) is 3.15. The standard InChI is InChI=1S/C16H14N2O2S/c1-20-13-9-7-12(8-10-13)18-14(15(19)17-16(18)21)11-5-3-2-4-6-11/h2-10,14H,1H3,(H,17,19,21). The molecule has 0 saturated carbocycles. The number of amides is 1. The fourth-order valence-corrected chi connectivity index (χ4v) is 2.72. The van der Waals surface area contributed by atoms with Gasteiger partial charge in [-0.1, -0.05) is 30.3 Å². The van der Waals surface area contributed by atoms with Crippen molar-refractivity contribution < 1.29 is 9.53 Å². The molecular weight excluding hydrogens is 284 g/mol. The lowest BCUT2D eigenvalue weighted by atomic mass is 10.1. The summed E-state index contributed by atoms with van der Waals surface area (Å²) in [6, 6.07) is 16.6. The van der Waals surface area contributed by atoms with Crippen LogP contribution in [0.3, 0.4) is 0 Å². The molecule has 3 rings (SSSR count). The van der Waals surface area contributed by atoms with E-state index in [9.17, 15) is 4.79 Å². The van der Waals surface area contributed by atoms with Gasteiger partial charge in [-0.2, -0.15) is 0 Å². The number of thiocarbonyl (C=S) groups is 1. The van der Waals surface area contributed by atoms with Crippen LogP contribution in [-0.4, -0.2) is 18.1 Å². The van der Waals surface area contributed by atoms with Crippen molar-refractivity contribution in [1.82, 2.24) is 5.32 Å². The van der Waals surface area contributed by atoms with Crippen molar-refractivity contribution in [2.45, 2.75) is 6.04 Å². The molecule has 0 radical (unpaired) electrons. The number of rotatable bonds is 3. The lowest BCUT2D eigenvalue weighted by molar-refractivity contribution is -0.119. The molecular formula is C16H14N2O2S. The first-order valence-corrected chi connectivity index (χ1v) is 6.94. The maximum Gasteiger partial charge on any atom is 0.253 e. The number of ether oxygens (including phenoxy) is 1. The molecule has 1 N–H and O–H groups in total. The van der Waals surface area contributed by atoms with E-state index in [-0.39, 0.29) is 5.91 Å². The Bertz CT molecular complexity index is 670. The number of hydrogen-bond acceptors (Lipinski definition) is 3. The molecule has 1 saturated heterocycles. The van der Waals surface area contributed by atoms with E-state index in [0.717, 1.165) is 17.0 Å². The summed E-state index contributed by atoms with van der Waals surface area (Å²) in [5.74, 6) is 0.654. The minimum absolute atomic E-state index is 0.109. The summed E-state index contributed by atoms with van der Waals surface area (Å²) in [6.07, 6.45) is 0. The fourth-order valence-electron chi connectivity index (χ4n) is 2.41. The van der Waals surface area contributed by atoms with E-state index in [1.54, 1.807) is 7.11 Å². The first-order chi connectivity index (χ1) is 10.2. The zero-order valence-corrected chi connectivity index (χ0v) is 12.3. The summed E-state index contributed by atoms with van der Waals surface area (Å²) in [6.45, 7) is 0. The van der Waals surface area contributed by atoms with Crippen molar-refractivity contribution in [3.05, 3.63) is 60.2 Å². The second-order valence-corrected chi connectivity index (χ2v) is 5.06. The van der Waals surface area contributed by atoms with Crippen LogP contribution in [-0.2, 0) is 4.79 Å². The molecule has 2 aromatic carbocycles. The predicted octanol–water partition coefficient (Wildman–Crippen LogP) is 2.66. The monoisotopic (exact) mass is 298 g/mol. The molecule has 5 heteroatoms. The predicted molar refractivity (Wildman–Crippen MR) is 85.4 cm³/mol. The van der Waals surface area contributed by atoms with Gasteiger partial charge in [-0.3, -0.25) is 4.79 Å². The second kappa shape index (κ2) is 5.54. The Morgan fingerprint density at radius 1 is 1.10 bits per heavy atom. The van der Waals surface area contributed by atoms with Crippen LogP contribution in [0.5, 0.6) is 5.75 Å². The van der Waals surface area contributed by atoms with Crippen molar-refractivity contribution in [2.75, 3.05) is 12.0 Å². The molecule has 1 aliphatic rings. The SMILES string of the molecule is COc1ccc(N2C(=S)NC(=O)C2c2ccccc2)cc1. The van der Waals surface area contributed by atoms with Gasteiger partial charge >= 0.3 is 0 Å². The molecule has 0 aromatic heterocycles. The molecule has 1 atom stereocenters. The number of hydrogen-bond donors (Lipinski definition) is 1. The molecule has 0 aliphatic carbocycles. The van der Waals surface area contributed by atoms with Gasteiger partial charge < -0.3 is 15.0 Å². The van der Waals surface area contributed by atoms with E-state index in [4.69, 9.17) is 17.0 Å². The first-order valence-electron chi connectivity index (χ1n) is 6.54. The lowest BCUT2D eigenvalue weighted by Crippen LogP contribution is -2.29. The van der Waals surface area contributed by atoms with Crippen LogP contribution in [0, 0.1) is 0 Å². The van der Waals surface area contributed by atoms with Crippen LogP contribution in [0.25, 0.3) is 0 Å². The number of carbonyl (C=O) groups excluding carboxylic acids is 1. The fraction of sp³-hybridized carbons (Fsp3) is 0.125. The number of nitrogens with one attached hydrogen (secondary N) is 1. The maximum atomic E-state index is 12.2.